The van der Waals surface area contributed by atoms with Crippen molar-refractivity contribution in [1.82, 2.24) is 15.1 Å². The minimum Gasteiger partial charge on any atom is -0.373 e. The van der Waals surface area contributed by atoms with Gasteiger partial charge in [-0.15, -0.1) is 0 Å². The molecule has 2 aromatic carbocycles. The van der Waals surface area contributed by atoms with Gasteiger partial charge in [-0.05, 0) is 56.5 Å². The van der Waals surface area contributed by atoms with E-state index in [1.807, 2.05) is 67.1 Å². The van der Waals surface area contributed by atoms with Gasteiger partial charge < -0.3 is 15.4 Å². The summed E-state index contributed by atoms with van der Waals surface area (Å²) in [7, 11) is 0. The van der Waals surface area contributed by atoms with Gasteiger partial charge in [-0.2, -0.15) is 5.10 Å². The number of anilines is 1. The summed E-state index contributed by atoms with van der Waals surface area (Å²) < 4.78 is 7.77. The fourth-order valence-electron chi connectivity index (χ4n) is 3.79. The van der Waals surface area contributed by atoms with E-state index >= 15 is 0 Å². The summed E-state index contributed by atoms with van der Waals surface area (Å²) >= 11 is 0. The van der Waals surface area contributed by atoms with E-state index in [1.165, 1.54) is 0 Å². The Labute approximate surface area is 170 Å². The summed E-state index contributed by atoms with van der Waals surface area (Å²) in [6.45, 7) is 4.62. The number of aromatic nitrogens is 2. The summed E-state index contributed by atoms with van der Waals surface area (Å²) in [6.07, 6.45) is 1.59. The molecule has 3 aromatic rings. The van der Waals surface area contributed by atoms with E-state index < -0.39 is 0 Å². The molecule has 0 radical (unpaired) electrons. The molecule has 1 aliphatic rings. The predicted octanol–water partition coefficient (Wildman–Crippen LogP) is 4.53. The van der Waals surface area contributed by atoms with Crippen LogP contribution in [0.15, 0.2) is 60.7 Å². The highest BCUT2D eigenvalue weighted by Gasteiger charge is 2.25. The molecule has 2 amide bonds. The van der Waals surface area contributed by atoms with Crippen molar-refractivity contribution in [2.75, 3.05) is 11.9 Å². The van der Waals surface area contributed by atoms with Crippen LogP contribution in [0.2, 0.25) is 0 Å². The third-order valence-electron chi connectivity index (χ3n) is 5.15. The van der Waals surface area contributed by atoms with Crippen LogP contribution in [0.4, 0.5) is 10.5 Å². The number of hydrogen-bond donors (Lipinski definition) is 2. The van der Waals surface area contributed by atoms with Gasteiger partial charge in [0.1, 0.15) is 0 Å². The second kappa shape index (κ2) is 8.49. The third kappa shape index (κ3) is 4.66. The number of nitrogens with zero attached hydrogens (tertiary/aromatic N) is 2. The summed E-state index contributed by atoms with van der Waals surface area (Å²) in [5.41, 5.74) is 4.82. The second-order valence-electron chi connectivity index (χ2n) is 7.48. The van der Waals surface area contributed by atoms with Crippen LogP contribution in [0.3, 0.4) is 0 Å². The second-order valence-corrected chi connectivity index (χ2v) is 7.48. The van der Waals surface area contributed by atoms with Gasteiger partial charge in [0.15, 0.2) is 0 Å². The smallest absolute Gasteiger partial charge is 0.319 e. The zero-order chi connectivity index (χ0) is 20.2. The van der Waals surface area contributed by atoms with E-state index in [1.54, 1.807) is 0 Å². The van der Waals surface area contributed by atoms with Gasteiger partial charge in [-0.3, -0.25) is 0 Å². The number of nitrogens with one attached hydrogen (secondary N) is 2. The van der Waals surface area contributed by atoms with Gasteiger partial charge in [-0.1, -0.05) is 36.4 Å². The van der Waals surface area contributed by atoms with Gasteiger partial charge in [0, 0.05) is 24.0 Å². The Morgan fingerprint density at radius 3 is 2.69 bits per heavy atom. The number of ether oxygens (including phenoxy) is 1. The maximum atomic E-state index is 12.6. The molecule has 0 aliphatic carbocycles. The van der Waals surface area contributed by atoms with Crippen molar-refractivity contribution in [3.05, 3.63) is 77.6 Å². The van der Waals surface area contributed by atoms with E-state index in [0.29, 0.717) is 6.61 Å². The molecule has 4 rings (SSSR count). The Bertz CT molecular complexity index is 984. The molecule has 0 spiro atoms. The number of carbonyl (C=O) groups excluding carboxylic acids is 1. The fraction of sp³-hybridized carbons (Fsp3) is 0.304. The van der Waals surface area contributed by atoms with Crippen molar-refractivity contribution in [3.63, 3.8) is 0 Å². The molecule has 1 aliphatic heterocycles. The summed E-state index contributed by atoms with van der Waals surface area (Å²) in [6, 6.07) is 19.8. The number of urea groups is 1. The lowest BCUT2D eigenvalue weighted by molar-refractivity contribution is 0.00254. The first-order chi connectivity index (χ1) is 14.1. The number of aryl methyl sites for hydroxylation is 2. The molecule has 1 saturated heterocycles. The van der Waals surface area contributed by atoms with Gasteiger partial charge in [0.05, 0.1) is 17.5 Å². The largest absolute Gasteiger partial charge is 0.373 e. The lowest BCUT2D eigenvalue weighted by Crippen LogP contribution is -2.42. The van der Waals surface area contributed by atoms with Crippen molar-refractivity contribution in [1.29, 1.82) is 0 Å². The summed E-state index contributed by atoms with van der Waals surface area (Å²) in [5, 5.41) is 10.5. The van der Waals surface area contributed by atoms with Crippen molar-refractivity contribution in [2.24, 2.45) is 0 Å². The molecular formula is C23H26N4O2. The summed E-state index contributed by atoms with van der Waals surface area (Å²) in [5.74, 6) is 0. The summed E-state index contributed by atoms with van der Waals surface area (Å²) in [4.78, 5) is 12.6. The van der Waals surface area contributed by atoms with E-state index in [9.17, 15) is 4.79 Å². The van der Waals surface area contributed by atoms with E-state index in [-0.39, 0.29) is 18.2 Å². The monoisotopic (exact) mass is 390 g/mol. The maximum Gasteiger partial charge on any atom is 0.319 e. The highest BCUT2D eigenvalue weighted by molar-refractivity contribution is 5.89. The minimum atomic E-state index is -0.200. The lowest BCUT2D eigenvalue weighted by Gasteiger charge is -2.30. The fourth-order valence-corrected chi connectivity index (χ4v) is 3.79. The lowest BCUT2D eigenvalue weighted by atomic mass is 9.97. The molecule has 1 aromatic heterocycles. The zero-order valence-electron chi connectivity index (χ0n) is 16.8. The van der Waals surface area contributed by atoms with Crippen molar-refractivity contribution >= 4 is 11.7 Å². The average Bonchev–Trinajstić information content (AvgIpc) is 3.07. The van der Waals surface area contributed by atoms with Crippen LogP contribution in [-0.2, 0) is 4.74 Å². The van der Waals surface area contributed by atoms with E-state index in [2.05, 4.69) is 27.9 Å². The first-order valence-corrected chi connectivity index (χ1v) is 9.96. The first kappa shape index (κ1) is 19.2. The Morgan fingerprint density at radius 1 is 1.10 bits per heavy atom. The molecule has 0 bridgehead atoms. The van der Waals surface area contributed by atoms with Crippen LogP contribution in [0.1, 0.15) is 35.9 Å². The number of amides is 2. The molecule has 0 saturated carbocycles. The van der Waals surface area contributed by atoms with Crippen molar-refractivity contribution in [3.8, 4) is 5.69 Å². The molecular weight excluding hydrogens is 364 g/mol. The van der Waals surface area contributed by atoms with Crippen molar-refractivity contribution in [2.45, 2.75) is 38.8 Å². The number of rotatable bonds is 4. The van der Waals surface area contributed by atoms with Gasteiger partial charge in [0.2, 0.25) is 0 Å². The number of hydrogen-bond acceptors (Lipinski definition) is 3. The van der Waals surface area contributed by atoms with Crippen LogP contribution in [0.5, 0.6) is 0 Å². The Balaban J connectivity index is 1.38. The van der Waals surface area contributed by atoms with Gasteiger partial charge >= 0.3 is 6.03 Å². The SMILES string of the molecule is Cc1cc(C)n(-c2cccc(NC(=O)N[C@@H]3CCO[C@@H](c4ccccc4)C3)c2)n1. The van der Waals surface area contributed by atoms with Crippen molar-refractivity contribution < 1.29 is 9.53 Å². The van der Waals surface area contributed by atoms with Crippen LogP contribution < -0.4 is 10.6 Å². The predicted molar refractivity (Wildman–Crippen MR) is 113 cm³/mol. The third-order valence-corrected chi connectivity index (χ3v) is 5.15. The topological polar surface area (TPSA) is 68.2 Å². The average molecular weight is 390 g/mol. The molecule has 150 valence electrons. The molecule has 29 heavy (non-hydrogen) atoms. The molecule has 0 unspecified atom stereocenters. The molecule has 2 heterocycles. The minimum absolute atomic E-state index is 0.0182. The molecule has 6 nitrogen and oxygen atoms in total. The highest BCUT2D eigenvalue weighted by Crippen LogP contribution is 2.28. The van der Waals surface area contributed by atoms with Gasteiger partial charge in [-0.25, -0.2) is 9.48 Å². The molecule has 2 atom stereocenters. The number of benzene rings is 2. The first-order valence-electron chi connectivity index (χ1n) is 9.96. The Morgan fingerprint density at radius 2 is 1.93 bits per heavy atom. The van der Waals surface area contributed by atoms with E-state index in [4.69, 9.17) is 4.74 Å². The quantitative estimate of drug-likeness (QED) is 0.688. The van der Waals surface area contributed by atoms with Crippen LogP contribution in [-0.4, -0.2) is 28.5 Å². The Kier molecular flexibility index (Phi) is 5.62. The molecule has 6 heteroatoms. The van der Waals surface area contributed by atoms with Crippen LogP contribution in [0, 0.1) is 13.8 Å². The number of carbonyl (C=O) groups is 1. The van der Waals surface area contributed by atoms with Gasteiger partial charge in [0.25, 0.3) is 0 Å². The van der Waals surface area contributed by atoms with Crippen LogP contribution >= 0.6 is 0 Å². The normalized spacial score (nSPS) is 19.0. The van der Waals surface area contributed by atoms with E-state index in [0.717, 1.165) is 41.2 Å². The maximum absolute atomic E-state index is 12.6. The Hall–Kier alpha value is -3.12. The van der Waals surface area contributed by atoms with Crippen LogP contribution in [0.25, 0.3) is 5.69 Å². The zero-order valence-corrected chi connectivity index (χ0v) is 16.8. The molecule has 1 fully saturated rings. The highest BCUT2D eigenvalue weighted by atomic mass is 16.5. The standard InChI is InChI=1S/C23H26N4O2/c1-16-13-17(2)27(26-16)21-10-6-9-19(14-21)24-23(28)25-20-11-12-29-22(15-20)18-7-4-3-5-8-18/h3-10,13-14,20,22H,11-12,15H2,1-2H3,(H2,24,25,28)/t20-,22-/m1/s1. The molecule has 2 N–H and O–H groups in total.